The molecule has 1 aliphatic rings. The van der Waals surface area contributed by atoms with Gasteiger partial charge in [0.05, 0.1) is 19.0 Å². The minimum Gasteiger partial charge on any atom is -0.495 e. The van der Waals surface area contributed by atoms with E-state index in [-0.39, 0.29) is 5.57 Å². The molecule has 1 aliphatic heterocycles. The van der Waals surface area contributed by atoms with E-state index in [1.54, 1.807) is 13.2 Å². The van der Waals surface area contributed by atoms with Crippen molar-refractivity contribution in [1.82, 2.24) is 10.5 Å². The molecule has 2 aromatic carbocycles. The molecule has 4 nitrogen and oxygen atoms in total. The van der Waals surface area contributed by atoms with E-state index in [0.717, 1.165) is 10.8 Å². The molecule has 0 spiro atoms. The monoisotopic (exact) mass is 471 g/mol. The molecule has 2 aromatic rings. The van der Waals surface area contributed by atoms with Gasteiger partial charge in [-0.2, -0.15) is 5.10 Å². The lowest BCUT2D eigenvalue weighted by atomic mass is 10.00. The normalized spacial score (nSPS) is 15.4. The topological polar surface area (TPSA) is 36.9 Å². The van der Waals surface area contributed by atoms with Crippen LogP contribution < -0.4 is 10.3 Å². The van der Waals surface area contributed by atoms with Crippen molar-refractivity contribution in [2.75, 3.05) is 7.11 Å². The highest BCUT2D eigenvalue weighted by atomic mass is 35.6. The summed E-state index contributed by atoms with van der Waals surface area (Å²) in [5, 5.41) is 6.93. The fraction of sp³-hybridized carbons (Fsp3) is 0.188. The van der Waals surface area contributed by atoms with Crippen LogP contribution in [0.5, 0.6) is 5.75 Å². The number of methoxy groups -OCH3 is 1. The lowest BCUT2D eigenvalue weighted by molar-refractivity contribution is 0.291. The smallest absolute Gasteiger partial charge is 0.286 e. The van der Waals surface area contributed by atoms with Crippen LogP contribution in [-0.4, -0.2) is 26.0 Å². The summed E-state index contributed by atoms with van der Waals surface area (Å²) in [7, 11) is 1.55. The summed E-state index contributed by atoms with van der Waals surface area (Å²) in [6, 6.07) is 11.4. The standard InChI is InChI=1S/C16H11Cl6N3O/c1-26-14-10-5-3-2-4-9(10)6-7-11(14)13-12(15(17,18)19)8-23-24-25(13)16(20,21)22/h2-8,24H,1H3. The number of hydrogen-bond donors (Lipinski definition) is 1. The van der Waals surface area contributed by atoms with Gasteiger partial charge in [-0.25, -0.2) is 10.5 Å². The fourth-order valence-electron chi connectivity index (χ4n) is 2.69. The molecule has 0 unspecified atom stereocenters. The van der Waals surface area contributed by atoms with Crippen LogP contribution in [0.1, 0.15) is 5.56 Å². The first kappa shape index (κ1) is 20.0. The van der Waals surface area contributed by atoms with Gasteiger partial charge in [-0.1, -0.05) is 99.9 Å². The van der Waals surface area contributed by atoms with Gasteiger partial charge >= 0.3 is 0 Å². The van der Waals surface area contributed by atoms with Gasteiger partial charge in [0.15, 0.2) is 0 Å². The number of nitrogens with one attached hydrogen (secondary N) is 1. The van der Waals surface area contributed by atoms with Crippen LogP contribution in [0, 0.1) is 0 Å². The van der Waals surface area contributed by atoms with Crippen LogP contribution in [0.25, 0.3) is 16.5 Å². The van der Waals surface area contributed by atoms with Gasteiger partial charge in [0.2, 0.25) is 3.79 Å². The first-order valence-electron chi connectivity index (χ1n) is 7.18. The van der Waals surface area contributed by atoms with Crippen LogP contribution in [-0.2, 0) is 0 Å². The van der Waals surface area contributed by atoms with E-state index in [4.69, 9.17) is 74.3 Å². The van der Waals surface area contributed by atoms with Crippen LogP contribution in [0.2, 0.25) is 0 Å². The Balaban J connectivity index is 2.37. The van der Waals surface area contributed by atoms with E-state index in [0.29, 0.717) is 17.0 Å². The summed E-state index contributed by atoms with van der Waals surface area (Å²) >= 11 is 36.7. The molecule has 0 fully saturated rings. The van der Waals surface area contributed by atoms with E-state index in [1.165, 1.54) is 11.2 Å². The number of fused-ring (bicyclic) bond motifs is 1. The van der Waals surface area contributed by atoms with Gasteiger partial charge in [-0.15, -0.1) is 0 Å². The summed E-state index contributed by atoms with van der Waals surface area (Å²) in [4.78, 5) is 0. The number of hydrogen-bond acceptors (Lipinski definition) is 4. The van der Waals surface area contributed by atoms with Gasteiger partial charge in [-0.3, -0.25) is 0 Å². The number of halogens is 6. The van der Waals surface area contributed by atoms with E-state index in [1.807, 2.05) is 30.3 Å². The molecule has 0 radical (unpaired) electrons. The highest BCUT2D eigenvalue weighted by Gasteiger charge is 2.41. The van der Waals surface area contributed by atoms with Crippen molar-refractivity contribution >= 4 is 92.3 Å². The third-order valence-corrected chi connectivity index (χ3v) is 4.85. The second-order valence-corrected chi connectivity index (χ2v) is 9.79. The van der Waals surface area contributed by atoms with Gasteiger partial charge < -0.3 is 4.74 Å². The number of rotatable bonds is 2. The van der Waals surface area contributed by atoms with Gasteiger partial charge in [0.25, 0.3) is 3.92 Å². The Kier molecular flexibility index (Phi) is 5.65. The summed E-state index contributed by atoms with van der Waals surface area (Å²) in [6.45, 7) is 0. The van der Waals surface area contributed by atoms with Crippen LogP contribution >= 0.6 is 69.6 Å². The van der Waals surface area contributed by atoms with Gasteiger partial charge in [0.1, 0.15) is 5.75 Å². The molecular weight excluding hydrogens is 463 g/mol. The molecule has 0 bridgehead atoms. The second kappa shape index (κ2) is 7.34. The maximum absolute atomic E-state index is 6.14. The highest BCUT2D eigenvalue weighted by Crippen LogP contribution is 2.47. The number of hydrazone groups is 1. The van der Waals surface area contributed by atoms with E-state index in [2.05, 4.69) is 10.6 Å². The number of nitrogens with zero attached hydrogens (tertiary/aromatic N) is 2. The number of hydrazine groups is 1. The van der Waals surface area contributed by atoms with Crippen molar-refractivity contribution < 1.29 is 4.74 Å². The van der Waals surface area contributed by atoms with Crippen LogP contribution in [0.15, 0.2) is 47.1 Å². The maximum atomic E-state index is 6.14. The second-order valence-electron chi connectivity index (χ2n) is 5.29. The SMILES string of the molecule is COc1c(C2=C(C(Cl)(Cl)Cl)C=NNN2C(Cl)(Cl)Cl)ccc2ccccc12. The first-order chi connectivity index (χ1) is 12.1. The van der Waals surface area contributed by atoms with Crippen molar-refractivity contribution in [2.24, 2.45) is 5.10 Å². The molecule has 1 N–H and O–H groups in total. The Morgan fingerprint density at radius 2 is 1.69 bits per heavy atom. The molecule has 26 heavy (non-hydrogen) atoms. The maximum Gasteiger partial charge on any atom is 0.286 e. The van der Waals surface area contributed by atoms with E-state index < -0.39 is 7.71 Å². The minimum atomic E-state index is -1.91. The van der Waals surface area contributed by atoms with Crippen molar-refractivity contribution in [1.29, 1.82) is 0 Å². The Bertz CT molecular complexity index is 901. The Labute approximate surface area is 180 Å². The Morgan fingerprint density at radius 1 is 1.00 bits per heavy atom. The zero-order valence-corrected chi connectivity index (χ0v) is 17.6. The molecule has 1 heterocycles. The summed E-state index contributed by atoms with van der Waals surface area (Å²) in [5.41, 5.74) is 3.74. The molecule has 138 valence electrons. The van der Waals surface area contributed by atoms with Gasteiger partial charge in [-0.05, 0) is 11.5 Å². The summed E-state index contributed by atoms with van der Waals surface area (Å²) < 4.78 is 1.92. The molecule has 0 atom stereocenters. The fourth-order valence-corrected chi connectivity index (χ4v) is 3.47. The van der Waals surface area contributed by atoms with Crippen molar-refractivity contribution in [3.05, 3.63) is 47.5 Å². The van der Waals surface area contributed by atoms with Crippen LogP contribution in [0.4, 0.5) is 0 Å². The first-order valence-corrected chi connectivity index (χ1v) is 9.44. The number of allylic oxidation sites excluding steroid dienone is 1. The Hall–Kier alpha value is -0.750. The molecule has 3 rings (SSSR count). The average Bonchev–Trinajstić information content (AvgIpc) is 2.58. The zero-order valence-electron chi connectivity index (χ0n) is 13.1. The molecule has 0 aromatic heterocycles. The molecular formula is C16H11Cl6N3O. The number of ether oxygens (including phenoxy) is 1. The van der Waals surface area contributed by atoms with Crippen LogP contribution in [0.3, 0.4) is 0 Å². The average molecular weight is 474 g/mol. The molecule has 0 saturated heterocycles. The lowest BCUT2D eigenvalue weighted by Gasteiger charge is -2.37. The molecule has 0 aliphatic carbocycles. The lowest BCUT2D eigenvalue weighted by Crippen LogP contribution is -2.45. The van der Waals surface area contributed by atoms with Crippen molar-refractivity contribution in [3.8, 4) is 5.75 Å². The number of benzene rings is 2. The number of alkyl halides is 6. The molecule has 0 saturated carbocycles. The molecule has 10 heteroatoms. The largest absolute Gasteiger partial charge is 0.495 e. The van der Waals surface area contributed by atoms with Crippen molar-refractivity contribution in [3.63, 3.8) is 0 Å². The third-order valence-electron chi connectivity index (χ3n) is 3.73. The zero-order chi connectivity index (χ0) is 19.1. The third kappa shape index (κ3) is 3.77. The minimum absolute atomic E-state index is 0.223. The van der Waals surface area contributed by atoms with Crippen molar-refractivity contribution in [2.45, 2.75) is 7.71 Å². The predicted molar refractivity (Wildman–Crippen MR) is 111 cm³/mol. The Morgan fingerprint density at radius 3 is 2.31 bits per heavy atom. The predicted octanol–water partition coefficient (Wildman–Crippen LogP) is 6.06. The quantitative estimate of drug-likeness (QED) is 0.425. The summed E-state index contributed by atoms with van der Waals surface area (Å²) in [5.74, 6) is 0.543. The molecule has 0 amide bonds. The summed E-state index contributed by atoms with van der Waals surface area (Å²) in [6.07, 6.45) is 1.36. The van der Waals surface area contributed by atoms with Gasteiger partial charge in [0, 0.05) is 16.5 Å². The van der Waals surface area contributed by atoms with E-state index >= 15 is 0 Å². The van der Waals surface area contributed by atoms with E-state index in [9.17, 15) is 0 Å². The highest BCUT2D eigenvalue weighted by molar-refractivity contribution is 6.71.